The number of rotatable bonds is 5. The number of thiophene rings is 1. The highest BCUT2D eigenvalue weighted by atomic mass is 32.1. The normalized spacial score (nSPS) is 11.7. The molecule has 0 saturated carbocycles. The van der Waals surface area contributed by atoms with Crippen molar-refractivity contribution in [2.45, 2.75) is 0 Å². The van der Waals surface area contributed by atoms with Crippen molar-refractivity contribution in [3.63, 3.8) is 0 Å². The van der Waals surface area contributed by atoms with E-state index in [0.717, 1.165) is 44.3 Å². The van der Waals surface area contributed by atoms with Crippen LogP contribution in [0.15, 0.2) is 180 Å². The molecule has 230 valence electrons. The van der Waals surface area contributed by atoms with Gasteiger partial charge in [0.25, 0.3) is 0 Å². The zero-order chi connectivity index (χ0) is 32.3. The van der Waals surface area contributed by atoms with Crippen molar-refractivity contribution in [3.05, 3.63) is 176 Å². The van der Waals surface area contributed by atoms with E-state index in [0.29, 0.717) is 0 Å². The molecule has 0 aliphatic carbocycles. The number of furan rings is 1. The molecule has 0 radical (unpaired) electrons. The van der Waals surface area contributed by atoms with Crippen LogP contribution in [0.2, 0.25) is 0 Å². The van der Waals surface area contributed by atoms with E-state index in [1.54, 1.807) is 0 Å². The topological polar surface area (TPSA) is 16.4 Å². The second-order valence-corrected chi connectivity index (χ2v) is 13.5. The molecule has 0 saturated heterocycles. The summed E-state index contributed by atoms with van der Waals surface area (Å²) in [6.45, 7) is 0. The van der Waals surface area contributed by atoms with E-state index in [2.05, 4.69) is 175 Å². The Labute approximate surface area is 287 Å². The fourth-order valence-electron chi connectivity index (χ4n) is 7.35. The predicted molar refractivity (Wildman–Crippen MR) is 210 cm³/mol. The van der Waals surface area contributed by atoms with Crippen LogP contribution in [0, 0.1) is 0 Å². The maximum absolute atomic E-state index is 6.51. The summed E-state index contributed by atoms with van der Waals surface area (Å²) < 4.78 is 9.08. The first-order valence-corrected chi connectivity index (χ1v) is 17.4. The van der Waals surface area contributed by atoms with Crippen LogP contribution in [0.1, 0.15) is 0 Å². The molecule has 2 nitrogen and oxygen atoms in total. The molecule has 0 aliphatic heterocycles. The fourth-order valence-corrected chi connectivity index (χ4v) is 8.56. The lowest BCUT2D eigenvalue weighted by atomic mass is 9.96. The quantitative estimate of drug-likeness (QED) is 0.186. The Morgan fingerprint density at radius 2 is 1.08 bits per heavy atom. The lowest BCUT2D eigenvalue weighted by Gasteiger charge is -2.26. The van der Waals surface area contributed by atoms with Gasteiger partial charge in [0.1, 0.15) is 11.2 Å². The number of benzene rings is 8. The lowest BCUT2D eigenvalue weighted by molar-refractivity contribution is 0.673. The molecule has 0 spiro atoms. The summed E-state index contributed by atoms with van der Waals surface area (Å²) in [5.74, 6) is 0. The smallest absolute Gasteiger partial charge is 0.143 e. The van der Waals surface area contributed by atoms with E-state index in [-0.39, 0.29) is 0 Å². The van der Waals surface area contributed by atoms with Gasteiger partial charge in [-0.05, 0) is 76.2 Å². The van der Waals surface area contributed by atoms with Crippen molar-refractivity contribution in [1.29, 1.82) is 0 Å². The molecular weight excluding hydrogens is 615 g/mol. The minimum absolute atomic E-state index is 0.916. The van der Waals surface area contributed by atoms with Crippen molar-refractivity contribution in [2.24, 2.45) is 0 Å². The molecule has 2 heterocycles. The predicted octanol–water partition coefficient (Wildman–Crippen LogP) is 13.9. The molecule has 8 aromatic carbocycles. The Bertz CT molecular complexity index is 2810. The minimum Gasteiger partial charge on any atom is -0.455 e. The van der Waals surface area contributed by atoms with Gasteiger partial charge in [-0.15, -0.1) is 11.3 Å². The molecule has 0 atom stereocenters. The summed E-state index contributed by atoms with van der Waals surface area (Å²) in [4.78, 5) is 2.40. The van der Waals surface area contributed by atoms with Crippen LogP contribution in [0.5, 0.6) is 0 Å². The Kier molecular flexibility index (Phi) is 6.39. The summed E-state index contributed by atoms with van der Waals surface area (Å²) >= 11 is 1.86. The molecule has 0 N–H and O–H groups in total. The van der Waals surface area contributed by atoms with Gasteiger partial charge < -0.3 is 9.32 Å². The number of anilines is 3. The van der Waals surface area contributed by atoms with Gasteiger partial charge >= 0.3 is 0 Å². The van der Waals surface area contributed by atoms with Gasteiger partial charge in [0.05, 0.1) is 10.4 Å². The van der Waals surface area contributed by atoms with Crippen LogP contribution in [-0.2, 0) is 0 Å². The molecule has 0 fully saturated rings. The van der Waals surface area contributed by atoms with E-state index in [1.165, 1.54) is 47.9 Å². The minimum atomic E-state index is 0.916. The van der Waals surface area contributed by atoms with E-state index in [1.807, 2.05) is 17.4 Å². The van der Waals surface area contributed by atoms with Crippen LogP contribution < -0.4 is 4.90 Å². The molecule has 0 aliphatic rings. The van der Waals surface area contributed by atoms with Crippen LogP contribution in [0.4, 0.5) is 17.1 Å². The SMILES string of the molecule is c1ccc(-c2ccc(N(c3ccc(-c4cccc5ccc6c7ccccc7oc6c45)cc3)c3cccc4c3sc3ccccc34)cc2)cc1. The molecule has 0 unspecified atom stereocenters. The molecule has 0 amide bonds. The molecule has 49 heavy (non-hydrogen) atoms. The molecule has 2 aromatic heterocycles. The van der Waals surface area contributed by atoms with E-state index in [4.69, 9.17) is 4.42 Å². The number of para-hydroxylation sites is 1. The third-order valence-corrected chi connectivity index (χ3v) is 10.9. The summed E-state index contributed by atoms with van der Waals surface area (Å²) in [6, 6.07) is 63.1. The monoisotopic (exact) mass is 643 g/mol. The second-order valence-electron chi connectivity index (χ2n) is 12.5. The Balaban J connectivity index is 1.14. The highest BCUT2D eigenvalue weighted by molar-refractivity contribution is 7.26. The first kappa shape index (κ1) is 27.9. The van der Waals surface area contributed by atoms with Crippen LogP contribution >= 0.6 is 11.3 Å². The van der Waals surface area contributed by atoms with Crippen molar-refractivity contribution in [2.75, 3.05) is 4.90 Å². The van der Waals surface area contributed by atoms with Crippen LogP contribution in [0.25, 0.3) is 75.1 Å². The van der Waals surface area contributed by atoms with Gasteiger partial charge in [0.15, 0.2) is 0 Å². The van der Waals surface area contributed by atoms with Gasteiger partial charge in [-0.2, -0.15) is 0 Å². The molecule has 3 heteroatoms. The molecule has 0 bridgehead atoms. The Morgan fingerprint density at radius 3 is 1.90 bits per heavy atom. The van der Waals surface area contributed by atoms with Gasteiger partial charge in [0, 0.05) is 43.0 Å². The zero-order valence-corrected chi connectivity index (χ0v) is 27.3. The third kappa shape index (κ3) is 4.55. The molecule has 10 rings (SSSR count). The summed E-state index contributed by atoms with van der Waals surface area (Å²) in [6.07, 6.45) is 0. The second kappa shape index (κ2) is 11.2. The highest BCUT2D eigenvalue weighted by Crippen LogP contribution is 2.46. The molecular formula is C46H29NOS. The van der Waals surface area contributed by atoms with Crippen LogP contribution in [-0.4, -0.2) is 0 Å². The zero-order valence-electron chi connectivity index (χ0n) is 26.5. The van der Waals surface area contributed by atoms with Crippen molar-refractivity contribution in [3.8, 4) is 22.3 Å². The Morgan fingerprint density at radius 1 is 0.429 bits per heavy atom. The first-order valence-electron chi connectivity index (χ1n) is 16.6. The third-order valence-electron chi connectivity index (χ3n) is 9.68. The largest absolute Gasteiger partial charge is 0.455 e. The van der Waals surface area contributed by atoms with Gasteiger partial charge in [-0.3, -0.25) is 0 Å². The van der Waals surface area contributed by atoms with E-state index < -0.39 is 0 Å². The summed E-state index contributed by atoms with van der Waals surface area (Å²) in [5, 5.41) is 7.19. The summed E-state index contributed by atoms with van der Waals surface area (Å²) in [7, 11) is 0. The van der Waals surface area contributed by atoms with Crippen molar-refractivity contribution >= 4 is 81.3 Å². The standard InChI is InChI=1S/C46H29NOS/c1-2-10-30(11-3-1)31-20-25-34(26-21-31)47(41-17-9-16-40-38-14-5-7-19-43(38)49-46(40)41)35-27-22-32(23-28-35)36-15-8-12-33-24-29-39-37-13-4-6-18-42(37)48-45(39)44(33)36/h1-29H. The van der Waals surface area contributed by atoms with Gasteiger partial charge in [-0.25, -0.2) is 0 Å². The average molecular weight is 644 g/mol. The summed E-state index contributed by atoms with van der Waals surface area (Å²) in [5.41, 5.74) is 9.99. The first-order chi connectivity index (χ1) is 24.3. The maximum Gasteiger partial charge on any atom is 0.143 e. The number of fused-ring (bicyclic) bond motifs is 8. The van der Waals surface area contributed by atoms with Crippen molar-refractivity contribution < 1.29 is 4.42 Å². The van der Waals surface area contributed by atoms with Crippen LogP contribution in [0.3, 0.4) is 0 Å². The Hall–Kier alpha value is -6.16. The number of nitrogens with zero attached hydrogens (tertiary/aromatic N) is 1. The lowest BCUT2D eigenvalue weighted by Crippen LogP contribution is -2.10. The molecule has 10 aromatic rings. The van der Waals surface area contributed by atoms with E-state index in [9.17, 15) is 0 Å². The van der Waals surface area contributed by atoms with Crippen molar-refractivity contribution in [1.82, 2.24) is 0 Å². The maximum atomic E-state index is 6.51. The van der Waals surface area contributed by atoms with E-state index >= 15 is 0 Å². The van der Waals surface area contributed by atoms with Gasteiger partial charge in [0.2, 0.25) is 0 Å². The fraction of sp³-hybridized carbons (Fsp3) is 0. The highest BCUT2D eigenvalue weighted by Gasteiger charge is 2.19. The number of hydrogen-bond donors (Lipinski definition) is 0. The average Bonchev–Trinajstić information content (AvgIpc) is 3.75. The van der Waals surface area contributed by atoms with Gasteiger partial charge in [-0.1, -0.05) is 127 Å². The number of hydrogen-bond acceptors (Lipinski definition) is 3.